The van der Waals surface area contributed by atoms with Crippen LogP contribution < -0.4 is 4.74 Å². The molecule has 0 saturated carbocycles. The zero-order chi connectivity index (χ0) is 16.1. The van der Waals surface area contributed by atoms with Crippen LogP contribution >= 0.6 is 0 Å². The Bertz CT molecular complexity index is 793. The van der Waals surface area contributed by atoms with Crippen LogP contribution in [0.5, 0.6) is 5.75 Å². The van der Waals surface area contributed by atoms with E-state index in [0.717, 1.165) is 27.8 Å². The van der Waals surface area contributed by atoms with Crippen molar-refractivity contribution < 1.29 is 14.3 Å². The van der Waals surface area contributed by atoms with Crippen LogP contribution in [0, 0.1) is 0 Å². The van der Waals surface area contributed by atoms with E-state index in [-0.39, 0.29) is 12.4 Å². The van der Waals surface area contributed by atoms with Gasteiger partial charge in [-0.2, -0.15) is 0 Å². The fourth-order valence-corrected chi connectivity index (χ4v) is 2.51. The molecular formula is C19H19NO3. The molecule has 4 nitrogen and oxygen atoms in total. The van der Waals surface area contributed by atoms with Crippen molar-refractivity contribution in [2.24, 2.45) is 0 Å². The Morgan fingerprint density at radius 2 is 1.96 bits per heavy atom. The van der Waals surface area contributed by atoms with Crippen molar-refractivity contribution in [3.8, 4) is 5.75 Å². The fraction of sp³-hybridized carbons (Fsp3) is 0.211. The minimum Gasteiger partial charge on any atom is -0.489 e. The second kappa shape index (κ2) is 7.01. The van der Waals surface area contributed by atoms with Gasteiger partial charge in [0.15, 0.2) is 0 Å². The average molecular weight is 309 g/mol. The van der Waals surface area contributed by atoms with Gasteiger partial charge in [0.05, 0.1) is 13.0 Å². The maximum atomic E-state index is 11.6. The van der Waals surface area contributed by atoms with Gasteiger partial charge < -0.3 is 14.5 Å². The molecular weight excluding hydrogens is 290 g/mol. The smallest absolute Gasteiger partial charge is 0.310 e. The summed E-state index contributed by atoms with van der Waals surface area (Å²) < 4.78 is 10.8. The molecule has 0 unspecified atom stereocenters. The quantitative estimate of drug-likeness (QED) is 0.704. The Morgan fingerprint density at radius 3 is 2.74 bits per heavy atom. The van der Waals surface area contributed by atoms with Crippen LogP contribution in [0.1, 0.15) is 18.1 Å². The van der Waals surface area contributed by atoms with Gasteiger partial charge in [-0.25, -0.2) is 0 Å². The number of fused-ring (bicyclic) bond motifs is 1. The standard InChI is InChI=1S/C19H19NO3/c1-2-22-19(21)10-15-12-20-18-11-16(8-9-17(15)18)23-13-14-6-4-3-5-7-14/h3-9,11-12,20H,2,10,13H2,1H3. The van der Waals surface area contributed by atoms with Crippen LogP contribution in [-0.2, 0) is 22.6 Å². The number of benzene rings is 2. The van der Waals surface area contributed by atoms with Crippen molar-refractivity contribution in [1.29, 1.82) is 0 Å². The molecule has 118 valence electrons. The van der Waals surface area contributed by atoms with Crippen LogP contribution in [-0.4, -0.2) is 17.6 Å². The van der Waals surface area contributed by atoms with Gasteiger partial charge in [-0.3, -0.25) is 4.79 Å². The number of carbonyl (C=O) groups excluding carboxylic acids is 1. The van der Waals surface area contributed by atoms with E-state index in [9.17, 15) is 4.79 Å². The number of H-pyrrole nitrogens is 1. The highest BCUT2D eigenvalue weighted by Crippen LogP contribution is 2.24. The molecule has 3 rings (SSSR count). The monoisotopic (exact) mass is 309 g/mol. The Kier molecular flexibility index (Phi) is 4.62. The Morgan fingerprint density at radius 1 is 1.13 bits per heavy atom. The van der Waals surface area contributed by atoms with Gasteiger partial charge in [0, 0.05) is 23.2 Å². The summed E-state index contributed by atoms with van der Waals surface area (Å²) in [7, 11) is 0. The largest absolute Gasteiger partial charge is 0.489 e. The van der Waals surface area contributed by atoms with E-state index in [2.05, 4.69) is 4.98 Å². The van der Waals surface area contributed by atoms with Crippen molar-refractivity contribution in [3.05, 3.63) is 65.9 Å². The predicted octanol–water partition coefficient (Wildman–Crippen LogP) is 3.85. The summed E-state index contributed by atoms with van der Waals surface area (Å²) in [6, 6.07) is 15.9. The van der Waals surface area contributed by atoms with E-state index in [1.165, 1.54) is 0 Å². The lowest BCUT2D eigenvalue weighted by Crippen LogP contribution is -2.06. The first-order chi connectivity index (χ1) is 11.3. The van der Waals surface area contributed by atoms with E-state index in [1.807, 2.05) is 61.7 Å². The number of esters is 1. The molecule has 0 aliphatic heterocycles. The highest BCUT2D eigenvalue weighted by Gasteiger charge is 2.10. The highest BCUT2D eigenvalue weighted by atomic mass is 16.5. The summed E-state index contributed by atoms with van der Waals surface area (Å²) in [4.78, 5) is 14.8. The van der Waals surface area contributed by atoms with Crippen LogP contribution in [0.4, 0.5) is 0 Å². The zero-order valence-electron chi connectivity index (χ0n) is 13.0. The molecule has 0 aliphatic rings. The number of rotatable bonds is 6. The minimum absolute atomic E-state index is 0.210. The van der Waals surface area contributed by atoms with Crippen molar-refractivity contribution in [1.82, 2.24) is 4.98 Å². The van der Waals surface area contributed by atoms with E-state index < -0.39 is 0 Å². The van der Waals surface area contributed by atoms with Crippen LogP contribution in [0.2, 0.25) is 0 Å². The van der Waals surface area contributed by atoms with Crippen molar-refractivity contribution in [2.75, 3.05) is 6.61 Å². The lowest BCUT2D eigenvalue weighted by molar-refractivity contribution is -0.142. The van der Waals surface area contributed by atoms with Gasteiger partial charge in [-0.15, -0.1) is 0 Å². The molecule has 0 aliphatic carbocycles. The molecule has 0 radical (unpaired) electrons. The molecule has 4 heteroatoms. The molecule has 1 aromatic heterocycles. The number of aromatic nitrogens is 1. The highest BCUT2D eigenvalue weighted by molar-refractivity contribution is 5.88. The topological polar surface area (TPSA) is 51.3 Å². The van der Waals surface area contributed by atoms with Gasteiger partial charge in [-0.1, -0.05) is 30.3 Å². The number of hydrogen-bond acceptors (Lipinski definition) is 3. The summed E-state index contributed by atoms with van der Waals surface area (Å²) in [6.45, 7) is 2.74. The Hall–Kier alpha value is -2.75. The van der Waals surface area contributed by atoms with Crippen LogP contribution in [0.25, 0.3) is 10.9 Å². The number of carbonyl (C=O) groups is 1. The number of nitrogens with one attached hydrogen (secondary N) is 1. The fourth-order valence-electron chi connectivity index (χ4n) is 2.51. The minimum atomic E-state index is -0.210. The third-order valence-corrected chi connectivity index (χ3v) is 3.63. The first-order valence-electron chi connectivity index (χ1n) is 7.68. The molecule has 0 bridgehead atoms. The number of ether oxygens (including phenoxy) is 2. The lowest BCUT2D eigenvalue weighted by atomic mass is 10.1. The molecule has 23 heavy (non-hydrogen) atoms. The van der Waals surface area contributed by atoms with Crippen LogP contribution in [0.15, 0.2) is 54.7 Å². The van der Waals surface area contributed by atoms with E-state index in [4.69, 9.17) is 9.47 Å². The molecule has 0 saturated heterocycles. The molecule has 0 fully saturated rings. The third kappa shape index (κ3) is 3.72. The van der Waals surface area contributed by atoms with Crippen molar-refractivity contribution >= 4 is 16.9 Å². The summed E-state index contributed by atoms with van der Waals surface area (Å²) in [6.07, 6.45) is 2.13. The normalized spacial score (nSPS) is 10.7. The lowest BCUT2D eigenvalue weighted by Gasteiger charge is -2.06. The Labute approximate surface area is 135 Å². The molecule has 1 N–H and O–H groups in total. The van der Waals surface area contributed by atoms with Crippen molar-refractivity contribution in [2.45, 2.75) is 20.0 Å². The zero-order valence-corrected chi connectivity index (χ0v) is 13.0. The molecule has 3 aromatic rings. The van der Waals surface area contributed by atoms with Gasteiger partial charge >= 0.3 is 5.97 Å². The van der Waals surface area contributed by atoms with E-state index in [1.54, 1.807) is 0 Å². The first kappa shape index (κ1) is 15.2. The third-order valence-electron chi connectivity index (χ3n) is 3.63. The van der Waals surface area contributed by atoms with Gasteiger partial charge in [-0.05, 0) is 30.2 Å². The SMILES string of the molecule is CCOC(=O)Cc1c[nH]c2cc(OCc3ccccc3)ccc12. The van der Waals surface area contributed by atoms with E-state index >= 15 is 0 Å². The Balaban J connectivity index is 1.71. The molecule has 0 atom stereocenters. The summed E-state index contributed by atoms with van der Waals surface area (Å²) in [5.74, 6) is 0.587. The van der Waals surface area contributed by atoms with Gasteiger partial charge in [0.1, 0.15) is 12.4 Å². The van der Waals surface area contributed by atoms with Crippen molar-refractivity contribution in [3.63, 3.8) is 0 Å². The van der Waals surface area contributed by atoms with Gasteiger partial charge in [0.25, 0.3) is 0 Å². The molecule has 2 aromatic carbocycles. The predicted molar refractivity (Wildman–Crippen MR) is 89.4 cm³/mol. The molecule has 0 amide bonds. The summed E-state index contributed by atoms with van der Waals surface area (Å²) >= 11 is 0. The maximum Gasteiger partial charge on any atom is 0.310 e. The molecule has 1 heterocycles. The number of hydrogen-bond donors (Lipinski definition) is 1. The average Bonchev–Trinajstić information content (AvgIpc) is 2.96. The summed E-state index contributed by atoms with van der Waals surface area (Å²) in [5, 5.41) is 1.02. The second-order valence-corrected chi connectivity index (χ2v) is 5.28. The van der Waals surface area contributed by atoms with E-state index in [0.29, 0.717) is 13.2 Å². The maximum absolute atomic E-state index is 11.6. The summed E-state index contributed by atoms with van der Waals surface area (Å²) in [5.41, 5.74) is 3.02. The van der Waals surface area contributed by atoms with Gasteiger partial charge in [0.2, 0.25) is 0 Å². The van der Waals surface area contributed by atoms with Crippen LogP contribution in [0.3, 0.4) is 0 Å². The number of aromatic amines is 1. The molecule has 0 spiro atoms. The first-order valence-corrected chi connectivity index (χ1v) is 7.68. The second-order valence-electron chi connectivity index (χ2n) is 5.28.